The number of carbonyl (C=O) groups excluding carboxylic acids is 1. The Morgan fingerprint density at radius 3 is 2.94 bits per heavy atom. The van der Waals surface area contributed by atoms with E-state index >= 15 is 0 Å². The second-order valence-corrected chi connectivity index (χ2v) is 5.02. The first-order valence-corrected chi connectivity index (χ1v) is 7.03. The molecule has 0 saturated heterocycles. The molecule has 1 heterocycles. The Morgan fingerprint density at radius 1 is 1.67 bits per heavy atom. The highest BCUT2D eigenvalue weighted by Gasteiger charge is 2.13. The number of carbonyl (C=O) groups is 1. The standard InChI is InChI=1S/C12H21N3O2S/c1-4-15(10(3)17)12-14-11(8-18-12)7-13-9(2)5-6-16/h8-9,13,16H,4-7H2,1-3H3. The molecule has 0 spiro atoms. The van der Waals surface area contributed by atoms with Crippen molar-refractivity contribution >= 4 is 22.4 Å². The van der Waals surface area contributed by atoms with Gasteiger partial charge in [-0.1, -0.05) is 0 Å². The van der Waals surface area contributed by atoms with Crippen LogP contribution >= 0.6 is 11.3 Å². The normalized spacial score (nSPS) is 12.4. The number of aliphatic hydroxyl groups excluding tert-OH is 1. The molecule has 0 aliphatic heterocycles. The Hall–Kier alpha value is -0.980. The number of anilines is 1. The third-order valence-corrected chi connectivity index (χ3v) is 3.57. The number of hydrogen-bond acceptors (Lipinski definition) is 5. The third-order valence-electron chi connectivity index (χ3n) is 2.66. The van der Waals surface area contributed by atoms with Crippen LogP contribution in [0.2, 0.25) is 0 Å². The van der Waals surface area contributed by atoms with Gasteiger partial charge in [0.25, 0.3) is 0 Å². The SMILES string of the molecule is CCN(C(C)=O)c1nc(CNC(C)CCO)cs1. The van der Waals surface area contributed by atoms with E-state index in [1.807, 2.05) is 19.2 Å². The maximum absolute atomic E-state index is 11.4. The van der Waals surface area contributed by atoms with Crippen LogP contribution in [-0.4, -0.2) is 35.2 Å². The van der Waals surface area contributed by atoms with Crippen LogP contribution in [0.4, 0.5) is 5.13 Å². The van der Waals surface area contributed by atoms with Gasteiger partial charge < -0.3 is 10.4 Å². The largest absolute Gasteiger partial charge is 0.396 e. The molecular weight excluding hydrogens is 250 g/mol. The fraction of sp³-hybridized carbons (Fsp3) is 0.667. The van der Waals surface area contributed by atoms with E-state index in [1.54, 1.807) is 11.8 Å². The molecule has 1 aromatic heterocycles. The highest BCUT2D eigenvalue weighted by molar-refractivity contribution is 7.14. The lowest BCUT2D eigenvalue weighted by atomic mass is 10.2. The van der Waals surface area contributed by atoms with E-state index in [4.69, 9.17) is 5.11 Å². The Labute approximate surface area is 112 Å². The van der Waals surface area contributed by atoms with Crippen molar-refractivity contribution in [3.8, 4) is 0 Å². The topological polar surface area (TPSA) is 65.5 Å². The quantitative estimate of drug-likeness (QED) is 0.786. The molecule has 1 unspecified atom stereocenters. The van der Waals surface area contributed by atoms with E-state index in [0.717, 1.165) is 17.2 Å². The molecule has 18 heavy (non-hydrogen) atoms. The lowest BCUT2D eigenvalue weighted by Gasteiger charge is -2.14. The van der Waals surface area contributed by atoms with Gasteiger partial charge in [-0.3, -0.25) is 9.69 Å². The molecule has 0 aromatic carbocycles. The minimum atomic E-state index is 0.0139. The van der Waals surface area contributed by atoms with Crippen molar-refractivity contribution in [1.29, 1.82) is 0 Å². The minimum absolute atomic E-state index is 0.0139. The summed E-state index contributed by atoms with van der Waals surface area (Å²) in [4.78, 5) is 17.5. The number of thiazole rings is 1. The lowest BCUT2D eigenvalue weighted by molar-refractivity contribution is -0.116. The van der Waals surface area contributed by atoms with E-state index in [0.29, 0.717) is 13.1 Å². The number of nitrogens with one attached hydrogen (secondary N) is 1. The summed E-state index contributed by atoms with van der Waals surface area (Å²) in [7, 11) is 0. The molecular formula is C12H21N3O2S. The molecule has 0 radical (unpaired) electrons. The summed E-state index contributed by atoms with van der Waals surface area (Å²) < 4.78 is 0. The van der Waals surface area contributed by atoms with E-state index < -0.39 is 0 Å². The molecule has 1 aromatic rings. The Kier molecular flexibility index (Phi) is 6.24. The fourth-order valence-electron chi connectivity index (χ4n) is 1.57. The number of aromatic nitrogens is 1. The van der Waals surface area contributed by atoms with E-state index in [1.165, 1.54) is 11.3 Å². The number of hydrogen-bond donors (Lipinski definition) is 2. The second kappa shape index (κ2) is 7.45. The summed E-state index contributed by atoms with van der Waals surface area (Å²) in [5.41, 5.74) is 0.930. The molecule has 0 aliphatic rings. The predicted molar refractivity (Wildman–Crippen MR) is 73.8 cm³/mol. The first kappa shape index (κ1) is 15.1. The van der Waals surface area contributed by atoms with Crippen molar-refractivity contribution < 1.29 is 9.90 Å². The zero-order valence-corrected chi connectivity index (χ0v) is 12.0. The van der Waals surface area contributed by atoms with Gasteiger partial charge in [0.05, 0.1) is 5.69 Å². The smallest absolute Gasteiger partial charge is 0.225 e. The average Bonchev–Trinajstić information content (AvgIpc) is 2.76. The fourth-order valence-corrected chi connectivity index (χ4v) is 2.50. The van der Waals surface area contributed by atoms with Crippen LogP contribution in [0.1, 0.15) is 32.9 Å². The molecule has 2 N–H and O–H groups in total. The molecule has 0 saturated carbocycles. The molecule has 5 nitrogen and oxygen atoms in total. The van der Waals surface area contributed by atoms with Gasteiger partial charge in [-0.05, 0) is 20.3 Å². The Morgan fingerprint density at radius 2 is 2.39 bits per heavy atom. The summed E-state index contributed by atoms with van der Waals surface area (Å²) in [6.45, 7) is 6.99. The van der Waals surface area contributed by atoms with Crippen LogP contribution in [0.3, 0.4) is 0 Å². The van der Waals surface area contributed by atoms with Crippen LogP contribution in [0.5, 0.6) is 0 Å². The summed E-state index contributed by atoms with van der Waals surface area (Å²) in [5, 5.41) is 14.8. The summed E-state index contributed by atoms with van der Waals surface area (Å²) in [6.07, 6.45) is 0.728. The monoisotopic (exact) mass is 271 g/mol. The van der Waals surface area contributed by atoms with Crippen LogP contribution in [0.25, 0.3) is 0 Å². The van der Waals surface area contributed by atoms with Gasteiger partial charge in [0, 0.05) is 38.0 Å². The third kappa shape index (κ3) is 4.36. The molecule has 0 fully saturated rings. The molecule has 1 amide bonds. The van der Waals surface area contributed by atoms with Gasteiger partial charge in [-0.2, -0.15) is 0 Å². The molecule has 0 aliphatic carbocycles. The highest BCUT2D eigenvalue weighted by Crippen LogP contribution is 2.20. The minimum Gasteiger partial charge on any atom is -0.396 e. The van der Waals surface area contributed by atoms with Gasteiger partial charge in [0.15, 0.2) is 5.13 Å². The van der Waals surface area contributed by atoms with Crippen LogP contribution in [-0.2, 0) is 11.3 Å². The van der Waals surface area contributed by atoms with Crippen LogP contribution in [0.15, 0.2) is 5.38 Å². The van der Waals surface area contributed by atoms with E-state index in [-0.39, 0.29) is 18.6 Å². The van der Waals surface area contributed by atoms with Gasteiger partial charge >= 0.3 is 0 Å². The van der Waals surface area contributed by atoms with Gasteiger partial charge in [-0.25, -0.2) is 4.98 Å². The summed E-state index contributed by atoms with van der Waals surface area (Å²) in [5.74, 6) is 0.0139. The molecule has 6 heteroatoms. The average molecular weight is 271 g/mol. The maximum atomic E-state index is 11.4. The molecule has 0 bridgehead atoms. The van der Waals surface area contributed by atoms with E-state index in [9.17, 15) is 4.79 Å². The Bertz CT molecular complexity index is 381. The number of nitrogens with zero attached hydrogens (tertiary/aromatic N) is 2. The highest BCUT2D eigenvalue weighted by atomic mass is 32.1. The molecule has 102 valence electrons. The van der Waals surface area contributed by atoms with Gasteiger partial charge in [0.1, 0.15) is 0 Å². The van der Waals surface area contributed by atoms with Crippen molar-refractivity contribution in [1.82, 2.24) is 10.3 Å². The maximum Gasteiger partial charge on any atom is 0.225 e. The van der Waals surface area contributed by atoms with Crippen LogP contribution < -0.4 is 10.2 Å². The van der Waals surface area contributed by atoms with Gasteiger partial charge in [0.2, 0.25) is 5.91 Å². The first-order chi connectivity index (χ1) is 8.58. The van der Waals surface area contributed by atoms with Crippen LogP contribution in [0, 0.1) is 0 Å². The zero-order valence-electron chi connectivity index (χ0n) is 11.1. The predicted octanol–water partition coefficient (Wildman–Crippen LogP) is 1.38. The summed E-state index contributed by atoms with van der Waals surface area (Å²) in [6, 6.07) is 0.259. The molecule has 1 rings (SSSR count). The first-order valence-electron chi connectivity index (χ1n) is 6.15. The number of aliphatic hydroxyl groups is 1. The molecule has 1 atom stereocenters. The van der Waals surface area contributed by atoms with Crippen molar-refractivity contribution in [2.24, 2.45) is 0 Å². The number of rotatable bonds is 7. The van der Waals surface area contributed by atoms with Crippen molar-refractivity contribution in [2.45, 2.75) is 39.8 Å². The zero-order chi connectivity index (χ0) is 13.5. The summed E-state index contributed by atoms with van der Waals surface area (Å²) >= 11 is 1.48. The van der Waals surface area contributed by atoms with Crippen molar-refractivity contribution in [2.75, 3.05) is 18.1 Å². The van der Waals surface area contributed by atoms with Crippen molar-refractivity contribution in [3.63, 3.8) is 0 Å². The second-order valence-electron chi connectivity index (χ2n) is 4.18. The van der Waals surface area contributed by atoms with E-state index in [2.05, 4.69) is 10.3 Å². The number of amides is 1. The lowest BCUT2D eigenvalue weighted by Crippen LogP contribution is -2.28. The van der Waals surface area contributed by atoms with Gasteiger partial charge in [-0.15, -0.1) is 11.3 Å². The Balaban J connectivity index is 2.55. The van der Waals surface area contributed by atoms with Crippen molar-refractivity contribution in [3.05, 3.63) is 11.1 Å².